The number of hydrogen-bond acceptors (Lipinski definition) is 4. The van der Waals surface area contributed by atoms with Crippen molar-refractivity contribution in [2.24, 2.45) is 0 Å². The first-order valence-corrected chi connectivity index (χ1v) is 4.68. The first-order valence-electron chi connectivity index (χ1n) is 4.68. The van der Waals surface area contributed by atoms with E-state index >= 15 is 0 Å². The van der Waals surface area contributed by atoms with Gasteiger partial charge < -0.3 is 15.6 Å². The number of aryl methyl sites for hydroxylation is 1. The topological polar surface area (TPSA) is 86.6 Å². The summed E-state index contributed by atoms with van der Waals surface area (Å²) in [4.78, 5) is 9.04. The van der Waals surface area contributed by atoms with Gasteiger partial charge in [0.1, 0.15) is 0 Å². The molecular weight excluding hydrogens is 192 g/mol. The smallest absolute Gasteiger partial charge is 0.246 e. The van der Waals surface area contributed by atoms with Crippen LogP contribution in [0.4, 0.5) is 11.9 Å². The van der Waals surface area contributed by atoms with Gasteiger partial charge in [-0.05, 0) is 18.1 Å². The number of rotatable bonds is 3. The van der Waals surface area contributed by atoms with Crippen LogP contribution in [0.15, 0.2) is 12.4 Å². The van der Waals surface area contributed by atoms with Crippen LogP contribution < -0.4 is 10.6 Å². The molecule has 2 heterocycles. The zero-order valence-corrected chi connectivity index (χ0v) is 8.78. The second-order valence-corrected chi connectivity index (χ2v) is 3.54. The van der Waals surface area contributed by atoms with Gasteiger partial charge in [-0.2, -0.15) is 4.98 Å². The molecule has 6 nitrogen and oxygen atoms in total. The van der Waals surface area contributed by atoms with Gasteiger partial charge in [0.05, 0.1) is 0 Å². The van der Waals surface area contributed by atoms with Crippen molar-refractivity contribution in [2.75, 3.05) is 17.7 Å². The fourth-order valence-corrected chi connectivity index (χ4v) is 1.41. The van der Waals surface area contributed by atoms with E-state index in [9.17, 15) is 0 Å². The Hall–Kier alpha value is -1.98. The van der Waals surface area contributed by atoms with Crippen LogP contribution in [0.1, 0.15) is 11.1 Å². The summed E-state index contributed by atoms with van der Waals surface area (Å²) < 4.78 is 0. The van der Waals surface area contributed by atoms with Gasteiger partial charge in [0.2, 0.25) is 11.9 Å². The molecule has 0 saturated carbocycles. The molecule has 0 aliphatic carbocycles. The minimum Gasteiger partial charge on any atom is -0.368 e. The molecule has 0 saturated heterocycles. The van der Waals surface area contributed by atoms with Crippen LogP contribution in [-0.2, 0) is 6.54 Å². The molecule has 2 aromatic heterocycles. The van der Waals surface area contributed by atoms with Crippen LogP contribution in [-0.4, -0.2) is 27.2 Å². The molecule has 0 spiro atoms. The standard InChI is InChI=1S/C9H14N6/c1-6-3-11-4-7(6)5-15(2)9-12-8(10)13-14-9/h3-4,11H,5H2,1-2H3,(H3,10,12,13,14). The zero-order chi connectivity index (χ0) is 10.8. The van der Waals surface area contributed by atoms with Crippen LogP contribution in [0.5, 0.6) is 0 Å². The van der Waals surface area contributed by atoms with Gasteiger partial charge in [-0.3, -0.25) is 0 Å². The maximum Gasteiger partial charge on any atom is 0.246 e. The van der Waals surface area contributed by atoms with Gasteiger partial charge in [-0.15, -0.1) is 5.10 Å². The molecule has 2 rings (SSSR count). The minimum absolute atomic E-state index is 0.336. The van der Waals surface area contributed by atoms with Crippen molar-refractivity contribution in [1.29, 1.82) is 0 Å². The number of H-pyrrole nitrogens is 2. The third kappa shape index (κ3) is 1.93. The largest absolute Gasteiger partial charge is 0.368 e. The maximum atomic E-state index is 5.46. The van der Waals surface area contributed by atoms with Crippen molar-refractivity contribution >= 4 is 11.9 Å². The Labute approximate surface area is 87.5 Å². The van der Waals surface area contributed by atoms with Gasteiger partial charge in [-0.1, -0.05) is 0 Å². The number of nitrogen functional groups attached to an aromatic ring is 1. The molecule has 0 amide bonds. The number of anilines is 2. The van der Waals surface area contributed by atoms with Crippen LogP contribution in [0, 0.1) is 6.92 Å². The number of aromatic amines is 2. The van der Waals surface area contributed by atoms with Crippen LogP contribution in [0.2, 0.25) is 0 Å². The van der Waals surface area contributed by atoms with E-state index < -0.39 is 0 Å². The van der Waals surface area contributed by atoms with Gasteiger partial charge in [-0.25, -0.2) is 5.10 Å². The van der Waals surface area contributed by atoms with Crippen molar-refractivity contribution in [3.63, 3.8) is 0 Å². The van der Waals surface area contributed by atoms with Crippen molar-refractivity contribution in [3.8, 4) is 0 Å². The van der Waals surface area contributed by atoms with Crippen molar-refractivity contribution in [1.82, 2.24) is 20.2 Å². The molecule has 0 bridgehead atoms. The highest BCUT2D eigenvalue weighted by atomic mass is 15.4. The van der Waals surface area contributed by atoms with Gasteiger partial charge in [0.15, 0.2) is 0 Å². The maximum absolute atomic E-state index is 5.46. The minimum atomic E-state index is 0.336. The highest BCUT2D eigenvalue weighted by Crippen LogP contribution is 2.13. The molecule has 2 aromatic rings. The highest BCUT2D eigenvalue weighted by molar-refractivity contribution is 5.35. The number of nitrogens with zero attached hydrogens (tertiary/aromatic N) is 3. The first kappa shape index (κ1) is 9.57. The van der Waals surface area contributed by atoms with Gasteiger partial charge >= 0.3 is 0 Å². The predicted molar refractivity (Wildman–Crippen MR) is 58.4 cm³/mol. The SMILES string of the molecule is Cc1c[nH]cc1CN(C)c1n[nH]c(N)n1. The van der Waals surface area contributed by atoms with Crippen LogP contribution in [0.3, 0.4) is 0 Å². The summed E-state index contributed by atoms with van der Waals surface area (Å²) in [7, 11) is 1.93. The average molecular weight is 206 g/mol. The molecule has 80 valence electrons. The zero-order valence-electron chi connectivity index (χ0n) is 8.78. The third-order valence-electron chi connectivity index (χ3n) is 2.30. The van der Waals surface area contributed by atoms with Crippen molar-refractivity contribution < 1.29 is 0 Å². The fraction of sp³-hybridized carbons (Fsp3) is 0.333. The molecular formula is C9H14N6. The second kappa shape index (κ2) is 3.64. The van der Waals surface area contributed by atoms with Gasteiger partial charge in [0, 0.05) is 26.0 Å². The van der Waals surface area contributed by atoms with E-state index in [2.05, 4.69) is 27.1 Å². The van der Waals surface area contributed by atoms with E-state index in [4.69, 9.17) is 5.73 Å². The molecule has 0 radical (unpaired) electrons. The first-order chi connectivity index (χ1) is 7.16. The molecule has 15 heavy (non-hydrogen) atoms. The Balaban J connectivity index is 2.10. The average Bonchev–Trinajstić information content (AvgIpc) is 2.77. The lowest BCUT2D eigenvalue weighted by molar-refractivity contribution is 0.867. The van der Waals surface area contributed by atoms with Crippen LogP contribution in [0.25, 0.3) is 0 Å². The van der Waals surface area contributed by atoms with Crippen molar-refractivity contribution in [2.45, 2.75) is 13.5 Å². The number of nitrogens with one attached hydrogen (secondary N) is 2. The van der Waals surface area contributed by atoms with Gasteiger partial charge in [0.25, 0.3) is 0 Å². The molecule has 0 aromatic carbocycles. The fourth-order valence-electron chi connectivity index (χ4n) is 1.41. The Morgan fingerprint density at radius 3 is 2.80 bits per heavy atom. The predicted octanol–water partition coefficient (Wildman–Crippen LogP) is 0.660. The molecule has 0 atom stereocenters. The van der Waals surface area contributed by atoms with E-state index in [1.165, 1.54) is 11.1 Å². The molecule has 0 aliphatic heterocycles. The number of nitrogens with two attached hydrogens (primary N) is 1. The summed E-state index contributed by atoms with van der Waals surface area (Å²) >= 11 is 0. The van der Waals surface area contributed by atoms with E-state index in [-0.39, 0.29) is 0 Å². The number of aromatic nitrogens is 4. The Morgan fingerprint density at radius 2 is 2.27 bits per heavy atom. The normalized spacial score (nSPS) is 10.5. The Morgan fingerprint density at radius 1 is 1.47 bits per heavy atom. The van der Waals surface area contributed by atoms with E-state index in [0.29, 0.717) is 11.9 Å². The molecule has 0 unspecified atom stereocenters. The number of hydrogen-bond donors (Lipinski definition) is 3. The summed E-state index contributed by atoms with van der Waals surface area (Å²) in [5.41, 5.74) is 7.91. The second-order valence-electron chi connectivity index (χ2n) is 3.54. The van der Waals surface area contributed by atoms with E-state index in [1.54, 1.807) is 0 Å². The summed E-state index contributed by atoms with van der Waals surface area (Å²) in [6.07, 6.45) is 3.94. The molecule has 4 N–H and O–H groups in total. The third-order valence-corrected chi connectivity index (χ3v) is 2.30. The van der Waals surface area contributed by atoms with E-state index in [1.807, 2.05) is 24.3 Å². The quantitative estimate of drug-likeness (QED) is 0.688. The summed E-state index contributed by atoms with van der Waals surface area (Å²) in [6, 6.07) is 0. The lowest BCUT2D eigenvalue weighted by Crippen LogP contribution is -2.17. The lowest BCUT2D eigenvalue weighted by Gasteiger charge is -2.13. The Bertz CT molecular complexity index is 443. The Kier molecular flexibility index (Phi) is 2.32. The molecule has 6 heteroatoms. The van der Waals surface area contributed by atoms with E-state index in [0.717, 1.165) is 6.54 Å². The summed E-state index contributed by atoms with van der Waals surface area (Å²) in [6.45, 7) is 2.82. The monoisotopic (exact) mass is 206 g/mol. The highest BCUT2D eigenvalue weighted by Gasteiger charge is 2.08. The van der Waals surface area contributed by atoms with Crippen LogP contribution >= 0.6 is 0 Å². The summed E-state index contributed by atoms with van der Waals surface area (Å²) in [5, 5.41) is 6.59. The summed E-state index contributed by atoms with van der Waals surface area (Å²) in [5.74, 6) is 0.941. The molecule has 0 aliphatic rings. The molecule has 0 fully saturated rings. The van der Waals surface area contributed by atoms with Crippen molar-refractivity contribution in [3.05, 3.63) is 23.5 Å². The lowest BCUT2D eigenvalue weighted by atomic mass is 10.2.